The van der Waals surface area contributed by atoms with E-state index in [1.165, 1.54) is 13.2 Å². The molecule has 2 aliphatic heterocycles. The van der Waals surface area contributed by atoms with Crippen molar-refractivity contribution in [2.24, 2.45) is 5.16 Å². The molecule has 1 aromatic carbocycles. The molecule has 3 rings (SSSR count). The van der Waals surface area contributed by atoms with E-state index in [0.29, 0.717) is 16.8 Å². The summed E-state index contributed by atoms with van der Waals surface area (Å²) in [5, 5.41) is 4.20. The maximum absolute atomic E-state index is 11.9. The van der Waals surface area contributed by atoms with Crippen molar-refractivity contribution in [1.82, 2.24) is 0 Å². The van der Waals surface area contributed by atoms with Crippen LogP contribution >= 0.6 is 0 Å². The third-order valence-electron chi connectivity index (χ3n) is 3.25. The molecule has 0 fully saturated rings. The molecule has 0 radical (unpaired) electrons. The molecular formula is C13H11NO5S. The SMILES string of the molecule is COC(=O)c1ccc(C2=NO[C@@H]3C=CS(=O)(=O)[C@H]23)cc1. The Bertz CT molecular complexity index is 718. The zero-order valence-corrected chi connectivity index (χ0v) is 11.3. The average Bonchev–Trinajstić information content (AvgIpc) is 3.00. The van der Waals surface area contributed by atoms with Crippen LogP contribution in [0.2, 0.25) is 0 Å². The molecule has 0 bridgehead atoms. The van der Waals surface area contributed by atoms with Crippen LogP contribution in [0.15, 0.2) is 40.9 Å². The van der Waals surface area contributed by atoms with Crippen LogP contribution in [-0.4, -0.2) is 38.6 Å². The van der Waals surface area contributed by atoms with E-state index in [-0.39, 0.29) is 0 Å². The summed E-state index contributed by atoms with van der Waals surface area (Å²) < 4.78 is 28.5. The topological polar surface area (TPSA) is 82.0 Å². The van der Waals surface area contributed by atoms with E-state index in [9.17, 15) is 13.2 Å². The Morgan fingerprint density at radius 2 is 2.00 bits per heavy atom. The second-order valence-electron chi connectivity index (χ2n) is 4.45. The Balaban J connectivity index is 1.93. The summed E-state index contributed by atoms with van der Waals surface area (Å²) in [4.78, 5) is 16.5. The number of esters is 1. The number of carbonyl (C=O) groups excluding carboxylic acids is 1. The van der Waals surface area contributed by atoms with Crippen LogP contribution < -0.4 is 0 Å². The first-order valence-electron chi connectivity index (χ1n) is 5.87. The Hall–Kier alpha value is -2.15. The number of carbonyl (C=O) groups is 1. The predicted octanol–water partition coefficient (Wildman–Crippen LogP) is 0.887. The maximum Gasteiger partial charge on any atom is 0.337 e. The molecule has 20 heavy (non-hydrogen) atoms. The second-order valence-corrected chi connectivity index (χ2v) is 6.41. The molecule has 0 spiro atoms. The van der Waals surface area contributed by atoms with E-state index in [4.69, 9.17) is 4.84 Å². The summed E-state index contributed by atoms with van der Waals surface area (Å²) in [5.74, 6) is -0.450. The molecule has 0 aliphatic carbocycles. The number of sulfone groups is 1. The number of hydrogen-bond acceptors (Lipinski definition) is 6. The van der Waals surface area contributed by atoms with Crippen molar-refractivity contribution in [3.05, 3.63) is 46.9 Å². The monoisotopic (exact) mass is 293 g/mol. The number of fused-ring (bicyclic) bond motifs is 1. The van der Waals surface area contributed by atoms with Crippen LogP contribution in [0.1, 0.15) is 15.9 Å². The van der Waals surface area contributed by atoms with Gasteiger partial charge in [0, 0.05) is 11.0 Å². The van der Waals surface area contributed by atoms with Gasteiger partial charge in [0.05, 0.1) is 12.7 Å². The number of benzene rings is 1. The normalized spacial score (nSPS) is 25.8. The van der Waals surface area contributed by atoms with E-state index in [2.05, 4.69) is 9.89 Å². The second kappa shape index (κ2) is 4.45. The molecule has 0 saturated carbocycles. The van der Waals surface area contributed by atoms with Gasteiger partial charge < -0.3 is 9.57 Å². The van der Waals surface area contributed by atoms with Crippen LogP contribution in [-0.2, 0) is 19.4 Å². The minimum atomic E-state index is -3.38. The number of methoxy groups -OCH3 is 1. The lowest BCUT2D eigenvalue weighted by Crippen LogP contribution is -2.31. The molecule has 6 nitrogen and oxygen atoms in total. The lowest BCUT2D eigenvalue weighted by Gasteiger charge is -2.09. The van der Waals surface area contributed by atoms with Crippen LogP contribution in [0.3, 0.4) is 0 Å². The third-order valence-corrected chi connectivity index (χ3v) is 4.99. The first kappa shape index (κ1) is 12.9. The molecule has 0 aromatic heterocycles. The predicted molar refractivity (Wildman–Crippen MR) is 71.0 cm³/mol. The zero-order chi connectivity index (χ0) is 14.3. The summed E-state index contributed by atoms with van der Waals surface area (Å²) in [6.07, 6.45) is 0.926. The molecule has 2 atom stereocenters. The van der Waals surface area contributed by atoms with Crippen molar-refractivity contribution in [2.45, 2.75) is 11.4 Å². The fourth-order valence-corrected chi connectivity index (χ4v) is 3.79. The highest BCUT2D eigenvalue weighted by Crippen LogP contribution is 2.30. The first-order valence-corrected chi connectivity index (χ1v) is 7.48. The van der Waals surface area contributed by atoms with E-state index >= 15 is 0 Å². The minimum absolute atomic E-state index is 0.358. The molecular weight excluding hydrogens is 282 g/mol. The van der Waals surface area contributed by atoms with Crippen LogP contribution in [0.4, 0.5) is 0 Å². The van der Waals surface area contributed by atoms with E-state index in [1.807, 2.05) is 0 Å². The van der Waals surface area contributed by atoms with Crippen molar-refractivity contribution in [2.75, 3.05) is 7.11 Å². The van der Waals surface area contributed by atoms with Gasteiger partial charge in [-0.3, -0.25) is 0 Å². The fraction of sp³-hybridized carbons (Fsp3) is 0.231. The van der Waals surface area contributed by atoms with E-state index in [1.54, 1.807) is 24.3 Å². The first-order chi connectivity index (χ1) is 9.53. The highest BCUT2D eigenvalue weighted by molar-refractivity contribution is 7.96. The Morgan fingerprint density at radius 3 is 2.65 bits per heavy atom. The minimum Gasteiger partial charge on any atom is -0.465 e. The summed E-state index contributed by atoms with van der Waals surface area (Å²) in [5.41, 5.74) is 1.36. The van der Waals surface area contributed by atoms with Crippen LogP contribution in [0, 0.1) is 0 Å². The lowest BCUT2D eigenvalue weighted by atomic mass is 10.0. The number of nitrogens with zero attached hydrogens (tertiary/aromatic N) is 1. The van der Waals surface area contributed by atoms with Crippen LogP contribution in [0.5, 0.6) is 0 Å². The number of rotatable bonds is 2. The molecule has 0 unspecified atom stereocenters. The standard InChI is InChI=1S/C13H11NO5S/c1-18-13(15)9-4-2-8(3-5-9)11-12-10(19-14-11)6-7-20(12,16)17/h2-7,10,12H,1H3/t10-,12+/m1/s1. The van der Waals surface area contributed by atoms with Crippen LogP contribution in [0.25, 0.3) is 0 Å². The summed E-state index contributed by atoms with van der Waals surface area (Å²) in [7, 11) is -2.08. The van der Waals surface area contributed by atoms with Gasteiger partial charge in [0.25, 0.3) is 0 Å². The van der Waals surface area contributed by atoms with Gasteiger partial charge in [0.15, 0.2) is 21.2 Å². The molecule has 1 aromatic rings. The third kappa shape index (κ3) is 1.90. The van der Waals surface area contributed by atoms with Gasteiger partial charge in [-0.25, -0.2) is 13.2 Å². The highest BCUT2D eigenvalue weighted by Gasteiger charge is 2.46. The quantitative estimate of drug-likeness (QED) is 0.756. The van der Waals surface area contributed by atoms with Gasteiger partial charge in [-0.15, -0.1) is 0 Å². The summed E-state index contributed by atoms with van der Waals surface area (Å²) in [6, 6.07) is 6.38. The Kier molecular flexibility index (Phi) is 2.86. The average molecular weight is 293 g/mol. The Labute approximate surface area is 115 Å². The van der Waals surface area contributed by atoms with Gasteiger partial charge in [0.2, 0.25) is 0 Å². The lowest BCUT2D eigenvalue weighted by molar-refractivity contribution is 0.0600. The molecule has 2 heterocycles. The van der Waals surface area contributed by atoms with Gasteiger partial charge in [0.1, 0.15) is 5.71 Å². The van der Waals surface area contributed by atoms with E-state index < -0.39 is 27.2 Å². The molecule has 7 heteroatoms. The number of hydrogen-bond donors (Lipinski definition) is 0. The van der Waals surface area contributed by atoms with Crippen molar-refractivity contribution in [3.8, 4) is 0 Å². The van der Waals surface area contributed by atoms with Crippen molar-refractivity contribution >= 4 is 21.5 Å². The van der Waals surface area contributed by atoms with Gasteiger partial charge >= 0.3 is 5.97 Å². The molecule has 0 N–H and O–H groups in total. The number of oxime groups is 1. The summed E-state index contributed by atoms with van der Waals surface area (Å²) in [6.45, 7) is 0. The maximum atomic E-state index is 11.9. The van der Waals surface area contributed by atoms with Gasteiger partial charge in [-0.1, -0.05) is 17.3 Å². The van der Waals surface area contributed by atoms with Crippen molar-refractivity contribution in [1.29, 1.82) is 0 Å². The Morgan fingerprint density at radius 1 is 1.30 bits per heavy atom. The number of ether oxygens (including phenoxy) is 1. The van der Waals surface area contributed by atoms with E-state index in [0.717, 1.165) is 5.41 Å². The highest BCUT2D eigenvalue weighted by atomic mass is 32.2. The molecule has 0 amide bonds. The van der Waals surface area contributed by atoms with Gasteiger partial charge in [-0.2, -0.15) is 0 Å². The summed E-state index contributed by atoms with van der Waals surface area (Å²) >= 11 is 0. The van der Waals surface area contributed by atoms with Crippen molar-refractivity contribution < 1.29 is 22.8 Å². The fourth-order valence-electron chi connectivity index (χ4n) is 2.24. The van der Waals surface area contributed by atoms with Gasteiger partial charge in [-0.05, 0) is 18.2 Å². The zero-order valence-electron chi connectivity index (χ0n) is 10.5. The molecule has 104 valence electrons. The largest absolute Gasteiger partial charge is 0.465 e. The van der Waals surface area contributed by atoms with Crippen molar-refractivity contribution in [3.63, 3.8) is 0 Å². The smallest absolute Gasteiger partial charge is 0.337 e. The molecule has 0 saturated heterocycles. The molecule has 2 aliphatic rings.